The van der Waals surface area contributed by atoms with Gasteiger partial charge in [-0.15, -0.1) is 0 Å². The number of hydrogen-bond acceptors (Lipinski definition) is 14. The number of ether oxygens (including phenoxy) is 2. The minimum Gasteiger partial charge on any atom is -0.507 e. The van der Waals surface area contributed by atoms with Crippen LogP contribution in [0.3, 0.4) is 0 Å². The number of rotatable bonds is 16. The third kappa shape index (κ3) is 32.1. The normalized spacial score (nSPS) is 10.3. The first kappa shape index (κ1) is 98.7. The molecule has 6 N–H and O–H groups in total. The smallest absolute Gasteiger partial charge is 0.153 e. The van der Waals surface area contributed by atoms with Crippen LogP contribution in [-0.2, 0) is 101 Å². The second kappa shape index (κ2) is 53.6. The Labute approximate surface area is 741 Å². The van der Waals surface area contributed by atoms with E-state index in [0.717, 1.165) is 84.3 Å². The van der Waals surface area contributed by atoms with E-state index in [1.807, 2.05) is 244 Å². The predicted molar refractivity (Wildman–Crippen MR) is 453 cm³/mol. The molecule has 14 aromatic rings. The molecule has 14 aromatic carbocycles. The maximum Gasteiger partial charge on any atom is 0.153 e. The summed E-state index contributed by atoms with van der Waals surface area (Å²) in [5, 5.41) is 58.0. The van der Waals surface area contributed by atoms with Crippen LogP contribution in [0.25, 0.3) is 11.1 Å². The summed E-state index contributed by atoms with van der Waals surface area (Å²) >= 11 is 0. The van der Waals surface area contributed by atoms with Gasteiger partial charge in [-0.05, 0) is 190 Å². The number of para-hydroxylation sites is 14. The predicted octanol–water partition coefficient (Wildman–Crippen LogP) is 23.9. The molecule has 20 heteroatoms. The summed E-state index contributed by atoms with van der Waals surface area (Å²) in [4.78, 5) is 26.4. The first-order valence-electron chi connectivity index (χ1n) is 35.3. The van der Waals surface area contributed by atoms with E-state index in [0.29, 0.717) is 33.9 Å². The van der Waals surface area contributed by atoms with E-state index in [9.17, 15) is 30.6 Å². The van der Waals surface area contributed by atoms with Gasteiger partial charge in [-0.3, -0.25) is 30.0 Å². The molecule has 6 radical (unpaired) electrons. The van der Waals surface area contributed by atoms with Gasteiger partial charge in [0.05, 0.1) is 29.9 Å². The minimum atomic E-state index is 0. The number of aliphatic imine (C=N–C) groups is 6. The average Bonchev–Trinajstić information content (AvgIpc) is 0.838. The first-order valence-corrected chi connectivity index (χ1v) is 35.3. The number of hydrogen-bond donors (Lipinski definition) is 6. The number of phenols is 6. The van der Waals surface area contributed by atoms with E-state index < -0.39 is 0 Å². The molecule has 0 fully saturated rings. The summed E-state index contributed by atoms with van der Waals surface area (Å²) in [5.41, 5.74) is 17.4. The summed E-state index contributed by atoms with van der Waals surface area (Å²) in [6.45, 7) is 10.2. The van der Waals surface area contributed by atoms with Crippen LogP contribution in [0, 0.1) is 34.6 Å². The number of nitrogens with zero attached hydrogens (tertiary/aromatic N) is 6. The van der Waals surface area contributed by atoms with Crippen LogP contribution in [0.1, 0.15) is 61.2 Å². The van der Waals surface area contributed by atoms with E-state index in [2.05, 4.69) is 75.0 Å². The van der Waals surface area contributed by atoms with Crippen LogP contribution in [0.2, 0.25) is 0 Å². The van der Waals surface area contributed by atoms with Crippen LogP contribution >= 0.6 is 0 Å². The summed E-state index contributed by atoms with van der Waals surface area (Å²) in [6, 6.07) is 106. The van der Waals surface area contributed by atoms with E-state index in [1.165, 1.54) is 5.56 Å². The van der Waals surface area contributed by atoms with Crippen LogP contribution in [-0.4, -0.2) is 75.0 Å². The van der Waals surface area contributed by atoms with E-state index in [4.69, 9.17) is 9.47 Å². The Morgan fingerprint density at radius 3 is 0.853 bits per heavy atom. The molecule has 14 nitrogen and oxygen atoms in total. The molecule has 0 heterocycles. The van der Waals surface area contributed by atoms with Crippen molar-refractivity contribution in [3.63, 3.8) is 0 Å². The average molecular weight is 1810 g/mol. The van der Waals surface area contributed by atoms with Gasteiger partial charge in [0.1, 0.15) is 57.4 Å². The number of phenolic OH excluding ortho intramolecular Hbond substituents is 6. The van der Waals surface area contributed by atoms with Crippen molar-refractivity contribution in [1.29, 1.82) is 0 Å². The van der Waals surface area contributed by atoms with Crippen LogP contribution in [0.4, 0.5) is 34.1 Å². The van der Waals surface area contributed by atoms with Crippen molar-refractivity contribution in [2.45, 2.75) is 34.6 Å². The number of benzene rings is 14. The molecule has 0 bridgehead atoms. The van der Waals surface area contributed by atoms with Gasteiger partial charge in [0.15, 0.2) is 5.75 Å². The van der Waals surface area contributed by atoms with E-state index in [1.54, 1.807) is 129 Å². The molecule has 0 atom stereocenters. The third-order valence-corrected chi connectivity index (χ3v) is 16.4. The Kier molecular flexibility index (Phi) is 45.6. The maximum absolute atomic E-state index is 9.78. The zero-order valence-corrected chi connectivity index (χ0v) is 70.2. The Morgan fingerprint density at radius 2 is 0.500 bits per heavy atom. The van der Waals surface area contributed by atoms with Crippen LogP contribution < -0.4 is 9.47 Å². The van der Waals surface area contributed by atoms with Crippen LogP contribution in [0.15, 0.2) is 370 Å². The Balaban J connectivity index is 0.000000358. The standard InChI is InChI=1S/C19H15NO2.C19H15NO.C16H17NO.C14H13NO2.2C14H13NO.6Co/c21-18-12-6-4-8-15(18)14-20-17-11-5-7-13-19(17)22-16-9-2-1-3-10-16;21-19-13-7-4-10-16(19)14-20-18-12-6-5-11-17(18)15-8-2-1-3-9-15;1-11-8-12(2)16(13(3)9-11)17-10-14-6-4-5-7-15(14)18;1-17-14-9-5-3-7-12(14)15-10-11-6-2-4-8-13(11)16;2*1-11-6-2-4-8-13(11)15-10-12-7-3-5-9-14(12)16;;;;;;/h1-14,21H;1-14,21H;4-10,18H,1-3H3;2-10,16H,1H3;2*2-10,16H,1H3;;;;;;. The molecule has 602 valence electrons. The molecule has 0 unspecified atom stereocenters. The topological polar surface area (TPSA) is 214 Å². The molecule has 0 aliphatic carbocycles. The van der Waals surface area contributed by atoms with Gasteiger partial charge >= 0.3 is 0 Å². The fraction of sp³-hybridized carbons (Fsp3) is 0.0625. The Bertz CT molecular complexity index is 5260. The summed E-state index contributed by atoms with van der Waals surface area (Å²) in [5.74, 6) is 3.54. The van der Waals surface area contributed by atoms with Gasteiger partial charge in [0.25, 0.3) is 0 Å². The maximum atomic E-state index is 9.78. The molecule has 0 saturated heterocycles. The molecule has 0 aliphatic rings. The second-order valence-electron chi connectivity index (χ2n) is 24.7. The zero-order chi connectivity index (χ0) is 77.7. The SMILES string of the molecule is COc1ccccc1N=Cc1ccccc1O.Cc1cc(C)c(N=Cc2ccccc2O)c(C)c1.Cc1ccccc1N=Cc1ccccc1O.Cc1ccccc1N=Cc1ccccc1O.Oc1ccccc1C=Nc1ccccc1-c1ccccc1.Oc1ccccc1C=Nc1ccccc1Oc1ccccc1.[Co].[Co].[Co].[Co].[Co].[Co]. The van der Waals surface area contributed by atoms with Crippen molar-refractivity contribution in [3.8, 4) is 62.9 Å². The molecular weight excluding hydrogens is 1720 g/mol. The number of aryl methyl sites for hydroxylation is 5. The Morgan fingerprint density at radius 1 is 0.241 bits per heavy atom. The minimum absolute atomic E-state index is 0. The van der Waals surface area contributed by atoms with Crippen molar-refractivity contribution in [1.82, 2.24) is 0 Å². The third-order valence-electron chi connectivity index (χ3n) is 16.4. The Hall–Kier alpha value is -11.5. The molecular formula is C96H86Co6N6O8. The van der Waals surface area contributed by atoms with Crippen molar-refractivity contribution in [3.05, 3.63) is 401 Å². The van der Waals surface area contributed by atoms with E-state index in [-0.39, 0.29) is 135 Å². The number of aromatic hydroxyl groups is 6. The molecule has 14 rings (SSSR count). The van der Waals surface area contributed by atoms with Gasteiger partial charge in [-0.2, -0.15) is 0 Å². The van der Waals surface area contributed by atoms with Crippen molar-refractivity contribution < 1.29 is 141 Å². The van der Waals surface area contributed by atoms with Crippen molar-refractivity contribution in [2.24, 2.45) is 30.0 Å². The quantitative estimate of drug-likeness (QED) is 0.0511. The zero-order valence-electron chi connectivity index (χ0n) is 64.0. The largest absolute Gasteiger partial charge is 0.507 e. The van der Waals surface area contributed by atoms with Gasteiger partial charge in [0.2, 0.25) is 0 Å². The van der Waals surface area contributed by atoms with Gasteiger partial charge in [0, 0.05) is 177 Å². The van der Waals surface area contributed by atoms with Gasteiger partial charge in [-0.25, -0.2) is 0 Å². The summed E-state index contributed by atoms with van der Waals surface area (Å²) in [6.07, 6.45) is 10.0. The molecule has 116 heavy (non-hydrogen) atoms. The van der Waals surface area contributed by atoms with Crippen molar-refractivity contribution in [2.75, 3.05) is 7.11 Å². The fourth-order valence-corrected chi connectivity index (χ4v) is 10.7. The molecule has 0 amide bonds. The molecule has 0 saturated carbocycles. The molecule has 0 aliphatic heterocycles. The molecule has 0 aromatic heterocycles. The summed E-state index contributed by atoms with van der Waals surface area (Å²) < 4.78 is 11.0. The fourth-order valence-electron chi connectivity index (χ4n) is 10.7. The summed E-state index contributed by atoms with van der Waals surface area (Å²) in [7, 11) is 1.61. The van der Waals surface area contributed by atoms with Crippen molar-refractivity contribution >= 4 is 71.4 Å². The monoisotopic (exact) mass is 1800 g/mol. The van der Waals surface area contributed by atoms with Gasteiger partial charge in [-0.1, -0.05) is 218 Å². The van der Waals surface area contributed by atoms with E-state index >= 15 is 0 Å². The second-order valence-corrected chi connectivity index (χ2v) is 24.7. The number of methoxy groups -OCH3 is 1. The first-order chi connectivity index (χ1) is 53.6. The molecule has 0 spiro atoms. The van der Waals surface area contributed by atoms with Crippen LogP contribution in [0.5, 0.6) is 51.7 Å². The van der Waals surface area contributed by atoms with Gasteiger partial charge < -0.3 is 40.1 Å².